The summed E-state index contributed by atoms with van der Waals surface area (Å²) in [6.07, 6.45) is 7.19. The van der Waals surface area contributed by atoms with Crippen LogP contribution in [0.1, 0.15) is 65.4 Å². The molecule has 3 heteroatoms. The maximum atomic E-state index is 10.5. The molecule has 0 spiro atoms. The van der Waals surface area contributed by atoms with Crippen LogP contribution in [0.3, 0.4) is 0 Å². The van der Waals surface area contributed by atoms with Crippen molar-refractivity contribution in [1.82, 2.24) is 0 Å². The quantitative estimate of drug-likeness (QED) is 0.710. The molecular weight excluding hydrogens is 312 g/mol. The lowest BCUT2D eigenvalue weighted by Gasteiger charge is -2.55. The maximum Gasteiger partial charge on any atom is 0.231 e. The van der Waals surface area contributed by atoms with Crippen LogP contribution in [-0.2, 0) is 6.42 Å². The second kappa shape index (κ2) is 5.69. The van der Waals surface area contributed by atoms with Gasteiger partial charge in [0.25, 0.3) is 0 Å². The third-order valence-corrected chi connectivity index (χ3v) is 7.18. The van der Waals surface area contributed by atoms with Gasteiger partial charge in [-0.1, -0.05) is 38.3 Å². The Kier molecular flexibility index (Phi) is 3.82. The average molecular weight is 342 g/mol. The van der Waals surface area contributed by atoms with Crippen molar-refractivity contribution in [3.63, 3.8) is 0 Å². The summed E-state index contributed by atoms with van der Waals surface area (Å²) in [7, 11) is 0. The molecule has 4 rings (SSSR count). The molecule has 0 aromatic heterocycles. The lowest BCUT2D eigenvalue weighted by atomic mass is 9.50. The van der Waals surface area contributed by atoms with Gasteiger partial charge in [0, 0.05) is 11.6 Å². The summed E-state index contributed by atoms with van der Waals surface area (Å²) < 4.78 is 10.9. The molecular formula is C22H30O3. The zero-order valence-electron chi connectivity index (χ0n) is 15.9. The molecule has 1 heterocycles. The molecule has 25 heavy (non-hydrogen) atoms. The van der Waals surface area contributed by atoms with Gasteiger partial charge in [0.05, 0.1) is 0 Å². The van der Waals surface area contributed by atoms with Crippen LogP contribution < -0.4 is 9.47 Å². The Labute approximate surface area is 151 Å². The van der Waals surface area contributed by atoms with E-state index in [1.165, 1.54) is 37.7 Å². The topological polar surface area (TPSA) is 38.7 Å². The average Bonchev–Trinajstić information content (AvgIpc) is 2.97. The number of phenolic OH excluding ortho intramolecular Hbond substituents is 1. The molecule has 2 aliphatic carbocycles. The lowest BCUT2D eigenvalue weighted by molar-refractivity contribution is 0.0112. The van der Waals surface area contributed by atoms with Crippen LogP contribution in [0.25, 0.3) is 0 Å². The van der Waals surface area contributed by atoms with Crippen molar-refractivity contribution in [1.29, 1.82) is 0 Å². The number of fused-ring (bicyclic) bond motifs is 2. The first-order valence-electron chi connectivity index (χ1n) is 9.62. The van der Waals surface area contributed by atoms with Crippen LogP contribution in [0.4, 0.5) is 0 Å². The van der Waals surface area contributed by atoms with Gasteiger partial charge in [0.15, 0.2) is 11.5 Å². The van der Waals surface area contributed by atoms with E-state index in [0.717, 1.165) is 23.7 Å². The van der Waals surface area contributed by atoms with Crippen LogP contribution in [0.15, 0.2) is 23.3 Å². The van der Waals surface area contributed by atoms with Crippen molar-refractivity contribution < 1.29 is 14.6 Å². The third-order valence-electron chi connectivity index (χ3n) is 7.18. The maximum absolute atomic E-state index is 10.5. The van der Waals surface area contributed by atoms with Crippen molar-refractivity contribution in [2.45, 2.75) is 66.2 Å². The number of hydrogen-bond acceptors (Lipinski definition) is 3. The summed E-state index contributed by atoms with van der Waals surface area (Å²) in [6, 6.07) is 3.68. The Morgan fingerprint density at radius 2 is 1.84 bits per heavy atom. The highest BCUT2D eigenvalue weighted by Crippen LogP contribution is 2.60. The first kappa shape index (κ1) is 16.8. The molecule has 1 N–H and O–H groups in total. The fourth-order valence-corrected chi connectivity index (χ4v) is 5.85. The van der Waals surface area contributed by atoms with Crippen molar-refractivity contribution in [2.24, 2.45) is 16.7 Å². The highest BCUT2D eigenvalue weighted by molar-refractivity contribution is 5.52. The standard InChI is InChI=1S/C22H30O3/c1-14-6-7-20-21(2,3)8-5-9-22(20,4)16(14)10-15-11-18-19(12-17(15)23)25-13-24-18/h11-12,20,23H,5-10,13H2,1-4H3. The number of rotatable bonds is 2. The zero-order chi connectivity index (χ0) is 17.8. The summed E-state index contributed by atoms with van der Waals surface area (Å²) in [4.78, 5) is 0. The van der Waals surface area contributed by atoms with E-state index in [1.54, 1.807) is 11.6 Å². The summed E-state index contributed by atoms with van der Waals surface area (Å²) in [5.41, 5.74) is 4.67. The van der Waals surface area contributed by atoms with Crippen molar-refractivity contribution in [3.05, 3.63) is 28.8 Å². The second-order valence-corrected chi connectivity index (χ2v) is 9.12. The van der Waals surface area contributed by atoms with Crippen LogP contribution in [-0.4, -0.2) is 11.9 Å². The highest BCUT2D eigenvalue weighted by atomic mass is 16.7. The molecule has 2 atom stereocenters. The molecule has 3 nitrogen and oxygen atoms in total. The number of benzene rings is 1. The Balaban J connectivity index is 1.72. The van der Waals surface area contributed by atoms with Gasteiger partial charge in [-0.3, -0.25) is 0 Å². The summed E-state index contributed by atoms with van der Waals surface area (Å²) in [5.74, 6) is 2.46. The molecule has 0 saturated heterocycles. The normalized spacial score (nSPS) is 30.3. The van der Waals surface area contributed by atoms with E-state index in [9.17, 15) is 5.11 Å². The van der Waals surface area contributed by atoms with Gasteiger partial charge in [-0.25, -0.2) is 0 Å². The molecule has 1 fully saturated rings. The Hall–Kier alpha value is -1.64. The van der Waals surface area contributed by atoms with Gasteiger partial charge >= 0.3 is 0 Å². The minimum atomic E-state index is 0.243. The summed E-state index contributed by atoms with van der Waals surface area (Å²) >= 11 is 0. The lowest BCUT2D eigenvalue weighted by Crippen LogP contribution is -2.45. The molecule has 1 aliphatic heterocycles. The molecule has 2 unspecified atom stereocenters. The van der Waals surface area contributed by atoms with E-state index in [0.29, 0.717) is 16.9 Å². The van der Waals surface area contributed by atoms with E-state index >= 15 is 0 Å². The number of allylic oxidation sites excluding steroid dienone is 2. The van der Waals surface area contributed by atoms with Crippen LogP contribution in [0.2, 0.25) is 0 Å². The molecule has 136 valence electrons. The van der Waals surface area contributed by atoms with E-state index in [-0.39, 0.29) is 12.2 Å². The number of aromatic hydroxyl groups is 1. The van der Waals surface area contributed by atoms with Crippen molar-refractivity contribution >= 4 is 0 Å². The van der Waals surface area contributed by atoms with Crippen molar-refractivity contribution in [3.8, 4) is 17.2 Å². The predicted molar refractivity (Wildman–Crippen MR) is 99.1 cm³/mol. The van der Waals surface area contributed by atoms with Crippen molar-refractivity contribution in [2.75, 3.05) is 6.79 Å². The minimum absolute atomic E-state index is 0.243. The molecule has 0 radical (unpaired) electrons. The molecule has 0 bridgehead atoms. The molecule has 3 aliphatic rings. The Morgan fingerprint density at radius 3 is 2.60 bits per heavy atom. The summed E-state index contributed by atoms with van der Waals surface area (Å²) in [6.45, 7) is 9.91. The number of ether oxygens (including phenoxy) is 2. The second-order valence-electron chi connectivity index (χ2n) is 9.12. The number of hydrogen-bond donors (Lipinski definition) is 1. The van der Waals surface area contributed by atoms with Crippen LogP contribution in [0, 0.1) is 16.7 Å². The van der Waals surface area contributed by atoms with Crippen LogP contribution in [0.5, 0.6) is 17.2 Å². The van der Waals surface area contributed by atoms with Gasteiger partial charge in [-0.05, 0) is 61.8 Å². The Bertz CT molecular complexity index is 731. The highest BCUT2D eigenvalue weighted by Gasteiger charge is 2.50. The minimum Gasteiger partial charge on any atom is -0.508 e. The molecule has 1 aromatic rings. The molecule has 1 aromatic carbocycles. The van der Waals surface area contributed by atoms with Crippen LogP contribution >= 0.6 is 0 Å². The Morgan fingerprint density at radius 1 is 1.12 bits per heavy atom. The van der Waals surface area contributed by atoms with Gasteiger partial charge in [-0.2, -0.15) is 0 Å². The van der Waals surface area contributed by atoms with E-state index < -0.39 is 0 Å². The van der Waals surface area contributed by atoms with E-state index in [4.69, 9.17) is 9.47 Å². The smallest absolute Gasteiger partial charge is 0.231 e. The predicted octanol–water partition coefficient (Wildman–Crippen LogP) is 5.61. The van der Waals surface area contributed by atoms with Gasteiger partial charge in [-0.15, -0.1) is 0 Å². The van der Waals surface area contributed by atoms with Gasteiger partial charge < -0.3 is 14.6 Å². The van der Waals surface area contributed by atoms with Gasteiger partial charge in [0.1, 0.15) is 5.75 Å². The monoisotopic (exact) mass is 342 g/mol. The van der Waals surface area contributed by atoms with E-state index in [1.807, 2.05) is 6.07 Å². The molecule has 0 amide bonds. The SMILES string of the molecule is CC1=C(Cc2cc3c(cc2O)OCO3)C2(C)CCCC(C)(C)C2CC1. The largest absolute Gasteiger partial charge is 0.508 e. The fraction of sp³-hybridized carbons (Fsp3) is 0.636. The zero-order valence-corrected chi connectivity index (χ0v) is 15.9. The number of phenols is 1. The van der Waals surface area contributed by atoms with Gasteiger partial charge in [0.2, 0.25) is 6.79 Å². The van der Waals surface area contributed by atoms with E-state index in [2.05, 4.69) is 27.7 Å². The first-order chi connectivity index (χ1) is 11.8. The summed E-state index contributed by atoms with van der Waals surface area (Å²) in [5, 5.41) is 10.5. The third kappa shape index (κ3) is 2.63. The fourth-order valence-electron chi connectivity index (χ4n) is 5.85. The first-order valence-corrected chi connectivity index (χ1v) is 9.62. The molecule has 1 saturated carbocycles.